The SMILES string of the molecule is CCC1C(=O)N2CCCC2C(=O)N1C1CCN2CCCC12. The van der Waals surface area contributed by atoms with Crippen molar-refractivity contribution in [3.63, 3.8) is 0 Å². The fourth-order valence-corrected chi connectivity index (χ4v) is 5.07. The van der Waals surface area contributed by atoms with Crippen molar-refractivity contribution in [2.75, 3.05) is 19.6 Å². The number of fused-ring (bicyclic) bond motifs is 2. The summed E-state index contributed by atoms with van der Waals surface area (Å²) >= 11 is 0. The van der Waals surface area contributed by atoms with E-state index in [1.54, 1.807) is 0 Å². The van der Waals surface area contributed by atoms with Crippen LogP contribution in [-0.2, 0) is 9.59 Å². The predicted octanol–water partition coefficient (Wildman–Crippen LogP) is 0.835. The lowest BCUT2D eigenvalue weighted by atomic mass is 9.96. The maximum absolute atomic E-state index is 13.0. The highest BCUT2D eigenvalue weighted by Crippen LogP contribution is 2.37. The minimum Gasteiger partial charge on any atom is -0.329 e. The smallest absolute Gasteiger partial charge is 0.246 e. The van der Waals surface area contributed by atoms with Gasteiger partial charge in [0.15, 0.2) is 0 Å². The van der Waals surface area contributed by atoms with E-state index in [1.165, 1.54) is 19.4 Å². The second-order valence-corrected chi connectivity index (χ2v) is 6.96. The maximum atomic E-state index is 13.0. The molecule has 0 aromatic carbocycles. The monoisotopic (exact) mass is 291 g/mol. The molecule has 4 aliphatic heterocycles. The highest BCUT2D eigenvalue weighted by molar-refractivity contribution is 5.97. The molecule has 0 aromatic rings. The van der Waals surface area contributed by atoms with Crippen molar-refractivity contribution < 1.29 is 9.59 Å². The average Bonchev–Trinajstić information content (AvgIpc) is 3.17. The zero-order chi connectivity index (χ0) is 14.6. The van der Waals surface area contributed by atoms with Gasteiger partial charge in [-0.2, -0.15) is 0 Å². The van der Waals surface area contributed by atoms with Gasteiger partial charge in [0.1, 0.15) is 12.1 Å². The molecule has 0 spiro atoms. The molecule has 0 saturated carbocycles. The lowest BCUT2D eigenvalue weighted by Crippen LogP contribution is -2.66. The summed E-state index contributed by atoms with van der Waals surface area (Å²) in [5, 5.41) is 0. The van der Waals surface area contributed by atoms with Crippen LogP contribution in [0.4, 0.5) is 0 Å². The van der Waals surface area contributed by atoms with Gasteiger partial charge in [0, 0.05) is 25.2 Å². The third kappa shape index (κ3) is 1.86. The number of carbonyl (C=O) groups is 2. The van der Waals surface area contributed by atoms with Crippen LogP contribution in [0.3, 0.4) is 0 Å². The molecule has 5 heteroatoms. The summed E-state index contributed by atoms with van der Waals surface area (Å²) in [6.45, 7) is 5.09. The zero-order valence-electron chi connectivity index (χ0n) is 12.8. The van der Waals surface area contributed by atoms with Crippen molar-refractivity contribution in [2.24, 2.45) is 0 Å². The fraction of sp³-hybridized carbons (Fsp3) is 0.875. The number of carbonyl (C=O) groups excluding carboxylic acids is 2. The minimum absolute atomic E-state index is 0.157. The Morgan fingerprint density at radius 3 is 2.57 bits per heavy atom. The topological polar surface area (TPSA) is 43.9 Å². The fourth-order valence-electron chi connectivity index (χ4n) is 5.07. The van der Waals surface area contributed by atoms with Crippen LogP contribution in [0.25, 0.3) is 0 Å². The Labute approximate surface area is 126 Å². The van der Waals surface area contributed by atoms with Crippen LogP contribution in [0.1, 0.15) is 45.4 Å². The Bertz CT molecular complexity index is 466. The molecule has 4 rings (SSSR count). The van der Waals surface area contributed by atoms with E-state index in [9.17, 15) is 9.59 Å². The van der Waals surface area contributed by atoms with E-state index in [4.69, 9.17) is 0 Å². The number of amides is 2. The molecule has 4 heterocycles. The summed E-state index contributed by atoms with van der Waals surface area (Å²) in [6.07, 6.45) is 6.06. The molecular weight excluding hydrogens is 266 g/mol. The minimum atomic E-state index is -0.211. The molecule has 0 bridgehead atoms. The summed E-state index contributed by atoms with van der Waals surface area (Å²) in [7, 11) is 0. The van der Waals surface area contributed by atoms with Crippen LogP contribution < -0.4 is 0 Å². The summed E-state index contributed by atoms with van der Waals surface area (Å²) in [4.78, 5) is 32.2. The zero-order valence-corrected chi connectivity index (χ0v) is 12.8. The van der Waals surface area contributed by atoms with Crippen molar-refractivity contribution in [1.29, 1.82) is 0 Å². The highest BCUT2D eigenvalue weighted by atomic mass is 16.2. The summed E-state index contributed by atoms with van der Waals surface area (Å²) < 4.78 is 0. The Morgan fingerprint density at radius 2 is 1.76 bits per heavy atom. The third-order valence-corrected chi connectivity index (χ3v) is 6.01. The van der Waals surface area contributed by atoms with Crippen LogP contribution in [0.2, 0.25) is 0 Å². The summed E-state index contributed by atoms with van der Waals surface area (Å²) in [5.41, 5.74) is 0. The number of rotatable bonds is 2. The Balaban J connectivity index is 1.65. The standard InChI is InChI=1S/C16H25N3O2/c1-2-11-15(20)18-9-4-6-14(18)16(21)19(11)13-7-10-17-8-3-5-12(13)17/h11-14H,2-10H2,1H3. The van der Waals surface area contributed by atoms with Crippen LogP contribution >= 0.6 is 0 Å². The van der Waals surface area contributed by atoms with E-state index in [0.29, 0.717) is 6.04 Å². The van der Waals surface area contributed by atoms with Gasteiger partial charge >= 0.3 is 0 Å². The molecule has 4 saturated heterocycles. The third-order valence-electron chi connectivity index (χ3n) is 6.01. The van der Waals surface area contributed by atoms with Crippen LogP contribution in [-0.4, -0.2) is 70.3 Å². The van der Waals surface area contributed by atoms with Crippen molar-refractivity contribution in [3.05, 3.63) is 0 Å². The second kappa shape index (κ2) is 4.97. The summed E-state index contributed by atoms with van der Waals surface area (Å²) in [6, 6.07) is 0.411. The van der Waals surface area contributed by atoms with E-state index >= 15 is 0 Å². The van der Waals surface area contributed by atoms with Crippen molar-refractivity contribution in [1.82, 2.24) is 14.7 Å². The normalized spacial score (nSPS) is 40.0. The molecule has 4 atom stereocenters. The van der Waals surface area contributed by atoms with Gasteiger partial charge in [0.25, 0.3) is 0 Å². The Morgan fingerprint density at radius 1 is 0.952 bits per heavy atom. The molecule has 2 amide bonds. The molecule has 116 valence electrons. The van der Waals surface area contributed by atoms with Gasteiger partial charge in [0.05, 0.1) is 0 Å². The van der Waals surface area contributed by atoms with E-state index in [2.05, 4.69) is 4.90 Å². The van der Waals surface area contributed by atoms with Gasteiger partial charge in [-0.25, -0.2) is 0 Å². The molecule has 4 unspecified atom stereocenters. The molecule has 0 aromatic heterocycles. The number of hydrogen-bond donors (Lipinski definition) is 0. The first-order valence-corrected chi connectivity index (χ1v) is 8.59. The van der Waals surface area contributed by atoms with Crippen LogP contribution in [0, 0.1) is 0 Å². The van der Waals surface area contributed by atoms with Crippen molar-refractivity contribution in [3.8, 4) is 0 Å². The molecule has 4 fully saturated rings. The van der Waals surface area contributed by atoms with E-state index in [0.717, 1.165) is 38.8 Å². The van der Waals surface area contributed by atoms with Crippen LogP contribution in [0.5, 0.6) is 0 Å². The number of hydrogen-bond acceptors (Lipinski definition) is 3. The number of piperazine rings is 1. The van der Waals surface area contributed by atoms with Crippen LogP contribution in [0.15, 0.2) is 0 Å². The van der Waals surface area contributed by atoms with Gasteiger partial charge in [0.2, 0.25) is 11.8 Å². The van der Waals surface area contributed by atoms with E-state index in [-0.39, 0.29) is 29.9 Å². The Hall–Kier alpha value is -1.10. The van der Waals surface area contributed by atoms with Gasteiger partial charge in [-0.1, -0.05) is 6.92 Å². The first kappa shape index (κ1) is 13.6. The molecule has 0 N–H and O–H groups in total. The van der Waals surface area contributed by atoms with E-state index < -0.39 is 0 Å². The first-order chi connectivity index (χ1) is 10.2. The van der Waals surface area contributed by atoms with Gasteiger partial charge in [-0.3, -0.25) is 14.5 Å². The lowest BCUT2D eigenvalue weighted by molar-refractivity contribution is -0.162. The number of nitrogens with zero attached hydrogens (tertiary/aromatic N) is 3. The predicted molar refractivity (Wildman–Crippen MR) is 78.7 cm³/mol. The quantitative estimate of drug-likeness (QED) is 0.757. The van der Waals surface area contributed by atoms with E-state index in [1.807, 2.05) is 16.7 Å². The Kier molecular flexibility index (Phi) is 3.21. The maximum Gasteiger partial charge on any atom is 0.246 e. The molecule has 0 aliphatic carbocycles. The molecule has 0 radical (unpaired) electrons. The largest absolute Gasteiger partial charge is 0.329 e. The summed E-state index contributed by atoms with van der Waals surface area (Å²) in [5.74, 6) is 0.439. The van der Waals surface area contributed by atoms with Gasteiger partial charge < -0.3 is 9.80 Å². The second-order valence-electron chi connectivity index (χ2n) is 6.96. The van der Waals surface area contributed by atoms with Gasteiger partial charge in [-0.05, 0) is 45.1 Å². The molecular formula is C16H25N3O2. The highest BCUT2D eigenvalue weighted by Gasteiger charge is 2.52. The molecule has 4 aliphatic rings. The first-order valence-electron chi connectivity index (χ1n) is 8.59. The lowest BCUT2D eigenvalue weighted by Gasteiger charge is -2.46. The molecule has 5 nitrogen and oxygen atoms in total. The average molecular weight is 291 g/mol. The molecule has 21 heavy (non-hydrogen) atoms. The van der Waals surface area contributed by atoms with Crippen molar-refractivity contribution in [2.45, 2.75) is 69.6 Å². The van der Waals surface area contributed by atoms with Gasteiger partial charge in [-0.15, -0.1) is 0 Å². The van der Waals surface area contributed by atoms with Crippen molar-refractivity contribution >= 4 is 11.8 Å².